The van der Waals surface area contributed by atoms with Gasteiger partial charge in [-0.15, -0.1) is 0 Å². The lowest BCUT2D eigenvalue weighted by Gasteiger charge is -2.27. The van der Waals surface area contributed by atoms with Gasteiger partial charge in [-0.25, -0.2) is 13.8 Å². The number of aryl methyl sites for hydroxylation is 1. The van der Waals surface area contributed by atoms with E-state index in [1.54, 1.807) is 30.3 Å². The van der Waals surface area contributed by atoms with Gasteiger partial charge < -0.3 is 14.5 Å². The molecular weight excluding hydrogens is 524 g/mol. The van der Waals surface area contributed by atoms with E-state index < -0.39 is 11.6 Å². The van der Waals surface area contributed by atoms with Gasteiger partial charge in [0.05, 0.1) is 36.1 Å². The first-order valence-electron chi connectivity index (χ1n) is 13.8. The van der Waals surface area contributed by atoms with Crippen molar-refractivity contribution in [2.24, 2.45) is 0 Å². The van der Waals surface area contributed by atoms with Crippen molar-refractivity contribution in [1.29, 1.82) is 0 Å². The zero-order chi connectivity index (χ0) is 29.1. The summed E-state index contributed by atoms with van der Waals surface area (Å²) in [4.78, 5) is 28.2. The summed E-state index contributed by atoms with van der Waals surface area (Å²) in [6.07, 6.45) is 1.68. The fourth-order valence-corrected chi connectivity index (χ4v) is 5.02. The largest absolute Gasteiger partial charge is 0.379 e. The maximum atomic E-state index is 15.2. The van der Waals surface area contributed by atoms with E-state index in [0.717, 1.165) is 17.7 Å². The fourth-order valence-electron chi connectivity index (χ4n) is 5.02. The Morgan fingerprint density at radius 2 is 1.71 bits per heavy atom. The second kappa shape index (κ2) is 12.4. The number of hydrogen-bond donors (Lipinski definition) is 0. The van der Waals surface area contributed by atoms with Crippen LogP contribution in [0.5, 0.6) is 0 Å². The van der Waals surface area contributed by atoms with E-state index >= 15 is 8.78 Å². The zero-order valence-corrected chi connectivity index (χ0v) is 24.0. The molecule has 0 saturated carbocycles. The lowest BCUT2D eigenvalue weighted by molar-refractivity contribution is 0.0332. The van der Waals surface area contributed by atoms with E-state index in [9.17, 15) is 4.79 Å². The van der Waals surface area contributed by atoms with Crippen LogP contribution in [-0.2, 0) is 11.3 Å². The van der Waals surface area contributed by atoms with E-state index in [0.29, 0.717) is 66.3 Å². The van der Waals surface area contributed by atoms with Crippen LogP contribution in [0.2, 0.25) is 0 Å². The van der Waals surface area contributed by atoms with E-state index in [4.69, 9.17) is 9.72 Å². The van der Waals surface area contributed by atoms with Gasteiger partial charge in [-0.1, -0.05) is 18.2 Å². The third kappa shape index (κ3) is 6.43. The first-order valence-corrected chi connectivity index (χ1v) is 13.8. The molecule has 4 aromatic rings. The summed E-state index contributed by atoms with van der Waals surface area (Å²) >= 11 is 0. The van der Waals surface area contributed by atoms with Crippen molar-refractivity contribution in [3.8, 4) is 22.4 Å². The van der Waals surface area contributed by atoms with Crippen molar-refractivity contribution in [2.45, 2.75) is 13.5 Å². The quantitative estimate of drug-likeness (QED) is 0.302. The molecule has 1 saturated heterocycles. The number of amides is 1. The second-order valence-electron chi connectivity index (χ2n) is 10.8. The minimum atomic E-state index is -0.584. The Hall–Kier alpha value is -3.79. The molecule has 0 radical (unpaired) electrons. The van der Waals surface area contributed by atoms with Gasteiger partial charge in [0.1, 0.15) is 11.6 Å². The van der Waals surface area contributed by atoms with Gasteiger partial charge in [-0.2, -0.15) is 0 Å². The Balaban J connectivity index is 1.45. The molecule has 1 aliphatic rings. The summed E-state index contributed by atoms with van der Waals surface area (Å²) in [6, 6.07) is 13.8. The molecule has 3 aromatic carbocycles. The minimum Gasteiger partial charge on any atom is -0.379 e. The molecule has 0 N–H and O–H groups in total. The lowest BCUT2D eigenvalue weighted by atomic mass is 10.00. The predicted octanol–water partition coefficient (Wildman–Crippen LogP) is 5.02. The van der Waals surface area contributed by atoms with Crippen LogP contribution >= 0.6 is 0 Å². The Bertz CT molecular complexity index is 1550. The van der Waals surface area contributed by atoms with Crippen molar-refractivity contribution in [3.63, 3.8) is 0 Å². The molecule has 9 heteroatoms. The van der Waals surface area contributed by atoms with Crippen LogP contribution < -0.4 is 0 Å². The normalized spacial score (nSPS) is 14.1. The van der Waals surface area contributed by atoms with Crippen LogP contribution in [-0.4, -0.2) is 91.1 Å². The van der Waals surface area contributed by atoms with Crippen molar-refractivity contribution in [1.82, 2.24) is 24.7 Å². The molecule has 2 heterocycles. The van der Waals surface area contributed by atoms with Crippen LogP contribution in [0.15, 0.2) is 54.7 Å². The molecule has 0 bridgehead atoms. The summed E-state index contributed by atoms with van der Waals surface area (Å²) < 4.78 is 35.8. The predicted molar refractivity (Wildman–Crippen MR) is 157 cm³/mol. The number of ether oxygens (including phenoxy) is 1. The molecule has 1 fully saturated rings. The maximum Gasteiger partial charge on any atom is 0.253 e. The summed E-state index contributed by atoms with van der Waals surface area (Å²) in [7, 11) is 5.75. The van der Waals surface area contributed by atoms with Gasteiger partial charge in [-0.05, 0) is 62.5 Å². The van der Waals surface area contributed by atoms with E-state index in [1.807, 2.05) is 55.1 Å². The van der Waals surface area contributed by atoms with Gasteiger partial charge in [0.15, 0.2) is 0 Å². The summed E-state index contributed by atoms with van der Waals surface area (Å²) in [6.45, 7) is 5.91. The Kier molecular flexibility index (Phi) is 8.68. The molecule has 0 atom stereocenters. The second-order valence-corrected chi connectivity index (χ2v) is 10.8. The van der Waals surface area contributed by atoms with Gasteiger partial charge in [-0.3, -0.25) is 14.7 Å². The van der Waals surface area contributed by atoms with Crippen LogP contribution in [0.25, 0.3) is 33.4 Å². The molecule has 0 unspecified atom stereocenters. The van der Waals surface area contributed by atoms with Gasteiger partial charge in [0.2, 0.25) is 0 Å². The topological polar surface area (TPSA) is 61.8 Å². The number of morpholine rings is 1. The highest BCUT2D eigenvalue weighted by Crippen LogP contribution is 2.31. The Labute approximate surface area is 239 Å². The van der Waals surface area contributed by atoms with Gasteiger partial charge in [0.25, 0.3) is 5.91 Å². The number of halogens is 2. The van der Waals surface area contributed by atoms with Crippen molar-refractivity contribution in [3.05, 3.63) is 83.1 Å². The number of benzene rings is 3. The van der Waals surface area contributed by atoms with E-state index in [1.165, 1.54) is 12.1 Å². The van der Waals surface area contributed by atoms with E-state index in [2.05, 4.69) is 4.98 Å². The molecule has 1 aliphatic heterocycles. The average molecular weight is 560 g/mol. The van der Waals surface area contributed by atoms with E-state index in [-0.39, 0.29) is 18.0 Å². The molecule has 5 rings (SSSR count). The average Bonchev–Trinajstić information content (AvgIpc) is 2.97. The molecule has 41 heavy (non-hydrogen) atoms. The highest BCUT2D eigenvalue weighted by atomic mass is 19.1. The molecule has 1 amide bonds. The van der Waals surface area contributed by atoms with Crippen LogP contribution in [0.3, 0.4) is 0 Å². The summed E-state index contributed by atoms with van der Waals surface area (Å²) in [5, 5.41) is 0. The van der Waals surface area contributed by atoms with Crippen LogP contribution in [0, 0.1) is 18.6 Å². The first kappa shape index (κ1) is 28.7. The fraction of sp³-hybridized carbons (Fsp3) is 0.344. The highest BCUT2D eigenvalue weighted by Gasteiger charge is 2.20. The smallest absolute Gasteiger partial charge is 0.253 e. The number of para-hydroxylation sites is 1. The van der Waals surface area contributed by atoms with Crippen molar-refractivity contribution >= 4 is 16.9 Å². The number of nitrogens with zero attached hydrogens (tertiary/aromatic N) is 5. The first-order chi connectivity index (χ1) is 19.7. The number of carbonyl (C=O) groups is 1. The Morgan fingerprint density at radius 1 is 0.976 bits per heavy atom. The number of rotatable bonds is 8. The van der Waals surface area contributed by atoms with Crippen LogP contribution in [0.1, 0.15) is 21.5 Å². The SMILES string of the molecule is Cc1cc(-c2cnc3cccc(-c4cc(F)c(CN5CCOCC5)c(F)c4)c3n2)ccc1C(=O)N(C)CCN(C)C. The number of hydrogen-bond acceptors (Lipinski definition) is 6. The molecule has 214 valence electrons. The third-order valence-electron chi connectivity index (χ3n) is 7.49. The monoisotopic (exact) mass is 559 g/mol. The van der Waals surface area contributed by atoms with Crippen LogP contribution in [0.4, 0.5) is 8.78 Å². The number of carbonyl (C=O) groups excluding carboxylic acids is 1. The third-order valence-corrected chi connectivity index (χ3v) is 7.49. The maximum absolute atomic E-state index is 15.2. The number of likely N-dealkylation sites (N-methyl/N-ethyl adjacent to an activating group) is 2. The Morgan fingerprint density at radius 3 is 2.39 bits per heavy atom. The standard InChI is InChI=1S/C32H35F2N5O2/c1-21-16-22(8-9-24(21)32(40)38(4)11-10-37(2)3)30-19-35-29-7-5-6-25(31(29)36-30)23-17-27(33)26(28(34)18-23)20-39-12-14-41-15-13-39/h5-9,16-19H,10-15,20H2,1-4H3. The number of aromatic nitrogens is 2. The molecule has 1 aromatic heterocycles. The molecule has 0 spiro atoms. The summed E-state index contributed by atoms with van der Waals surface area (Å²) in [5.41, 5.74) is 5.10. The van der Waals surface area contributed by atoms with Gasteiger partial charge >= 0.3 is 0 Å². The molecule has 0 aliphatic carbocycles. The molecule has 7 nitrogen and oxygen atoms in total. The van der Waals surface area contributed by atoms with Crippen molar-refractivity contribution < 1.29 is 18.3 Å². The highest BCUT2D eigenvalue weighted by molar-refractivity contribution is 5.96. The number of fused-ring (bicyclic) bond motifs is 1. The summed E-state index contributed by atoms with van der Waals surface area (Å²) in [5.74, 6) is -1.21. The van der Waals surface area contributed by atoms with Gasteiger partial charge in [0, 0.05) is 62.0 Å². The zero-order valence-electron chi connectivity index (χ0n) is 24.0. The minimum absolute atomic E-state index is 0.0381. The van der Waals surface area contributed by atoms with Crippen molar-refractivity contribution in [2.75, 3.05) is 60.5 Å². The lowest BCUT2D eigenvalue weighted by Crippen LogP contribution is -2.36. The molecular formula is C32H35F2N5O2.